The molecule has 0 aromatic heterocycles. The number of halogens is 1. The Morgan fingerprint density at radius 2 is 2.30 bits per heavy atom. The van der Waals surface area contributed by atoms with E-state index >= 15 is 0 Å². The van der Waals surface area contributed by atoms with Gasteiger partial charge in [-0.25, -0.2) is 0 Å². The van der Waals surface area contributed by atoms with Crippen molar-refractivity contribution in [2.45, 2.75) is 25.1 Å². The fourth-order valence-electron chi connectivity index (χ4n) is 2.23. The molecule has 0 aliphatic carbocycles. The molecule has 2 unspecified atom stereocenters. The summed E-state index contributed by atoms with van der Waals surface area (Å²) >= 11 is 8.01. The van der Waals surface area contributed by atoms with Gasteiger partial charge in [0.2, 0.25) is 5.91 Å². The highest BCUT2D eigenvalue weighted by molar-refractivity contribution is 8.00. The van der Waals surface area contributed by atoms with Gasteiger partial charge >= 0.3 is 0 Å². The number of benzene rings is 1. The van der Waals surface area contributed by atoms with Crippen LogP contribution in [-0.2, 0) is 4.79 Å². The molecule has 1 saturated heterocycles. The van der Waals surface area contributed by atoms with Crippen LogP contribution in [-0.4, -0.2) is 40.9 Å². The Morgan fingerprint density at radius 1 is 1.55 bits per heavy atom. The second-order valence-corrected chi connectivity index (χ2v) is 6.97. The molecule has 2 atom stereocenters. The number of hydrogen-bond acceptors (Lipinski definition) is 4. The quantitative estimate of drug-likeness (QED) is 0.842. The molecule has 0 spiro atoms. The van der Waals surface area contributed by atoms with Crippen molar-refractivity contribution < 1.29 is 4.79 Å². The molecule has 20 heavy (non-hydrogen) atoms. The van der Waals surface area contributed by atoms with Crippen molar-refractivity contribution in [2.75, 3.05) is 29.9 Å². The minimum atomic E-state index is -0.0392. The Hall–Kier alpha value is -0.910. The van der Waals surface area contributed by atoms with Gasteiger partial charge in [-0.2, -0.15) is 11.8 Å². The van der Waals surface area contributed by atoms with Crippen molar-refractivity contribution in [3.63, 3.8) is 0 Å². The number of anilines is 2. The number of rotatable bonds is 3. The average molecular weight is 314 g/mol. The highest BCUT2D eigenvalue weighted by Gasteiger charge is 2.26. The van der Waals surface area contributed by atoms with Crippen LogP contribution in [0.2, 0.25) is 5.02 Å². The van der Waals surface area contributed by atoms with E-state index in [1.807, 2.05) is 11.8 Å². The molecule has 6 heteroatoms. The summed E-state index contributed by atoms with van der Waals surface area (Å²) in [6, 6.07) is 5.50. The number of thioether (sulfide) groups is 1. The van der Waals surface area contributed by atoms with Crippen LogP contribution in [0.15, 0.2) is 18.2 Å². The second kappa shape index (κ2) is 6.70. The van der Waals surface area contributed by atoms with Crippen LogP contribution in [0, 0.1) is 0 Å². The van der Waals surface area contributed by atoms with Crippen LogP contribution >= 0.6 is 23.4 Å². The zero-order valence-corrected chi connectivity index (χ0v) is 13.3. The van der Waals surface area contributed by atoms with Crippen molar-refractivity contribution in [2.24, 2.45) is 0 Å². The van der Waals surface area contributed by atoms with Crippen LogP contribution in [0.25, 0.3) is 0 Å². The van der Waals surface area contributed by atoms with Gasteiger partial charge in [0.05, 0.1) is 17.3 Å². The molecule has 1 aromatic carbocycles. The van der Waals surface area contributed by atoms with Gasteiger partial charge in [0.1, 0.15) is 0 Å². The van der Waals surface area contributed by atoms with Crippen LogP contribution in [0.4, 0.5) is 11.4 Å². The minimum Gasteiger partial charge on any atom is -0.399 e. The average Bonchev–Trinajstić information content (AvgIpc) is 2.38. The number of amides is 1. The lowest BCUT2D eigenvalue weighted by Gasteiger charge is -2.36. The molecule has 1 amide bonds. The van der Waals surface area contributed by atoms with Crippen LogP contribution in [0.5, 0.6) is 0 Å². The lowest BCUT2D eigenvalue weighted by atomic mass is 10.2. The van der Waals surface area contributed by atoms with Gasteiger partial charge in [-0.1, -0.05) is 18.5 Å². The zero-order chi connectivity index (χ0) is 14.7. The first-order valence-corrected chi connectivity index (χ1v) is 8.10. The lowest BCUT2D eigenvalue weighted by molar-refractivity contribution is -0.117. The van der Waals surface area contributed by atoms with Crippen molar-refractivity contribution in [3.05, 3.63) is 23.2 Å². The second-order valence-electron chi connectivity index (χ2n) is 5.07. The summed E-state index contributed by atoms with van der Waals surface area (Å²) in [5.74, 6) is 1.03. The summed E-state index contributed by atoms with van der Waals surface area (Å²) in [6.07, 6.45) is 0. The Labute approximate surface area is 129 Å². The van der Waals surface area contributed by atoms with E-state index in [9.17, 15) is 4.79 Å². The van der Waals surface area contributed by atoms with Crippen molar-refractivity contribution in [1.82, 2.24) is 4.90 Å². The Morgan fingerprint density at radius 3 is 3.00 bits per heavy atom. The highest BCUT2D eigenvalue weighted by Crippen LogP contribution is 2.25. The summed E-state index contributed by atoms with van der Waals surface area (Å²) in [5, 5.41) is 3.86. The van der Waals surface area contributed by atoms with Crippen molar-refractivity contribution >= 4 is 40.6 Å². The molecule has 0 radical (unpaired) electrons. The van der Waals surface area contributed by atoms with E-state index in [0.717, 1.165) is 12.3 Å². The number of carbonyl (C=O) groups excluding carboxylic acids is 1. The highest BCUT2D eigenvalue weighted by atomic mass is 35.5. The first kappa shape index (κ1) is 15.5. The zero-order valence-electron chi connectivity index (χ0n) is 11.7. The molecule has 1 fully saturated rings. The van der Waals surface area contributed by atoms with Gasteiger partial charge in [0, 0.05) is 29.3 Å². The number of carbonyl (C=O) groups is 1. The minimum absolute atomic E-state index is 0.0392. The first-order valence-electron chi connectivity index (χ1n) is 6.68. The predicted octanol–water partition coefficient (Wildman–Crippen LogP) is 2.69. The maximum absolute atomic E-state index is 12.1. The maximum atomic E-state index is 12.1. The van der Waals surface area contributed by atoms with Gasteiger partial charge < -0.3 is 11.1 Å². The molecule has 2 rings (SSSR count). The third kappa shape index (κ3) is 3.81. The fraction of sp³-hybridized carbons (Fsp3) is 0.500. The molecular weight excluding hydrogens is 294 g/mol. The SMILES string of the molecule is CC1SCCN(CC(=O)Nc2ccc(N)cc2Cl)C1C. The monoisotopic (exact) mass is 313 g/mol. The first-order chi connectivity index (χ1) is 9.47. The summed E-state index contributed by atoms with van der Waals surface area (Å²) < 4.78 is 0. The number of nitrogens with zero attached hydrogens (tertiary/aromatic N) is 1. The summed E-state index contributed by atoms with van der Waals surface area (Å²) in [6.45, 7) is 5.71. The summed E-state index contributed by atoms with van der Waals surface area (Å²) in [7, 11) is 0. The molecular formula is C14H20ClN3OS. The molecule has 1 aliphatic rings. The van der Waals surface area contributed by atoms with Gasteiger partial charge in [-0.05, 0) is 25.1 Å². The van der Waals surface area contributed by atoms with Gasteiger partial charge in [-0.3, -0.25) is 9.69 Å². The number of nitrogens with one attached hydrogen (secondary N) is 1. The van der Waals surface area contributed by atoms with E-state index in [1.54, 1.807) is 18.2 Å². The normalized spacial score (nSPS) is 23.6. The molecule has 1 heterocycles. The van der Waals surface area contributed by atoms with Crippen molar-refractivity contribution in [1.29, 1.82) is 0 Å². The number of nitrogen functional groups attached to an aromatic ring is 1. The van der Waals surface area contributed by atoms with Crippen molar-refractivity contribution in [3.8, 4) is 0 Å². The van der Waals surface area contributed by atoms with Gasteiger partial charge in [0.25, 0.3) is 0 Å². The van der Waals surface area contributed by atoms with E-state index in [1.165, 1.54) is 0 Å². The predicted molar refractivity (Wildman–Crippen MR) is 87.4 cm³/mol. The van der Waals surface area contributed by atoms with E-state index in [0.29, 0.717) is 34.2 Å². The number of nitrogens with two attached hydrogens (primary N) is 1. The van der Waals surface area contributed by atoms with E-state index in [2.05, 4.69) is 24.1 Å². The largest absolute Gasteiger partial charge is 0.399 e. The third-order valence-corrected chi connectivity index (χ3v) is 5.28. The van der Waals surface area contributed by atoms with Crippen LogP contribution in [0.1, 0.15) is 13.8 Å². The molecule has 1 aromatic rings. The van der Waals surface area contributed by atoms with Gasteiger partial charge in [-0.15, -0.1) is 0 Å². The molecule has 3 N–H and O–H groups in total. The Balaban J connectivity index is 1.95. The van der Waals surface area contributed by atoms with E-state index < -0.39 is 0 Å². The van der Waals surface area contributed by atoms with Gasteiger partial charge in [0.15, 0.2) is 0 Å². The fourth-order valence-corrected chi connectivity index (χ4v) is 3.62. The standard InChI is InChI=1S/C14H20ClN3OS/c1-9-10(2)20-6-5-18(9)8-14(19)17-13-4-3-11(16)7-12(13)15/h3-4,7,9-10H,5-6,8,16H2,1-2H3,(H,17,19). The molecule has 0 saturated carbocycles. The molecule has 0 bridgehead atoms. The maximum Gasteiger partial charge on any atom is 0.238 e. The van der Waals surface area contributed by atoms with E-state index in [-0.39, 0.29) is 5.91 Å². The lowest BCUT2D eigenvalue weighted by Crippen LogP contribution is -2.47. The summed E-state index contributed by atoms with van der Waals surface area (Å²) in [5.41, 5.74) is 6.83. The molecule has 4 nitrogen and oxygen atoms in total. The Bertz CT molecular complexity index is 497. The van der Waals surface area contributed by atoms with E-state index in [4.69, 9.17) is 17.3 Å². The van der Waals surface area contributed by atoms with Crippen LogP contribution in [0.3, 0.4) is 0 Å². The third-order valence-electron chi connectivity index (χ3n) is 3.63. The smallest absolute Gasteiger partial charge is 0.238 e. The molecule has 1 aliphatic heterocycles. The number of hydrogen-bond donors (Lipinski definition) is 2. The molecule has 110 valence electrons. The Kier molecular flexibility index (Phi) is 5.18. The topological polar surface area (TPSA) is 58.4 Å². The van der Waals surface area contributed by atoms with Crippen LogP contribution < -0.4 is 11.1 Å². The summed E-state index contributed by atoms with van der Waals surface area (Å²) in [4.78, 5) is 14.3.